The van der Waals surface area contributed by atoms with Crippen LogP contribution in [0.5, 0.6) is 11.5 Å². The van der Waals surface area contributed by atoms with Crippen LogP contribution in [0.1, 0.15) is 31.1 Å². The van der Waals surface area contributed by atoms with Crippen LogP contribution in [0, 0.1) is 5.92 Å². The molecule has 22 heavy (non-hydrogen) atoms. The van der Waals surface area contributed by atoms with Crippen molar-refractivity contribution in [2.45, 2.75) is 26.4 Å². The van der Waals surface area contributed by atoms with E-state index in [1.807, 2.05) is 62.4 Å². The number of benzene rings is 2. The highest BCUT2D eigenvalue weighted by molar-refractivity contribution is 5.45. The van der Waals surface area contributed by atoms with Crippen LogP contribution in [0.2, 0.25) is 0 Å². The molecule has 0 bridgehead atoms. The fourth-order valence-corrected chi connectivity index (χ4v) is 2.64. The van der Waals surface area contributed by atoms with Crippen molar-refractivity contribution in [2.24, 2.45) is 5.92 Å². The lowest BCUT2D eigenvalue weighted by Crippen LogP contribution is -2.13. The van der Waals surface area contributed by atoms with Gasteiger partial charge in [0.25, 0.3) is 0 Å². The van der Waals surface area contributed by atoms with Crippen molar-refractivity contribution < 1.29 is 14.6 Å². The van der Waals surface area contributed by atoms with Crippen molar-refractivity contribution in [3.63, 3.8) is 0 Å². The topological polar surface area (TPSA) is 38.7 Å². The predicted molar refractivity (Wildman–Crippen MR) is 88.4 cm³/mol. The molecule has 2 aromatic carbocycles. The Balaban J connectivity index is 2.22. The summed E-state index contributed by atoms with van der Waals surface area (Å²) in [5, 5.41) is 10.6. The van der Waals surface area contributed by atoms with Crippen LogP contribution in [0.3, 0.4) is 0 Å². The first kappa shape index (κ1) is 16.4. The summed E-state index contributed by atoms with van der Waals surface area (Å²) < 4.78 is 11.2. The van der Waals surface area contributed by atoms with Crippen molar-refractivity contribution >= 4 is 0 Å². The molecule has 0 heterocycles. The molecule has 1 N–H and O–H groups in total. The highest BCUT2D eigenvalue weighted by Gasteiger charge is 2.20. The molecule has 0 fully saturated rings. The third-order valence-corrected chi connectivity index (χ3v) is 3.82. The smallest absolute Gasteiger partial charge is 0.126 e. The van der Waals surface area contributed by atoms with E-state index in [1.165, 1.54) is 0 Å². The third kappa shape index (κ3) is 3.80. The zero-order chi connectivity index (χ0) is 15.9. The van der Waals surface area contributed by atoms with Crippen molar-refractivity contribution in [1.82, 2.24) is 0 Å². The van der Waals surface area contributed by atoms with Gasteiger partial charge in [-0.25, -0.2) is 0 Å². The van der Waals surface area contributed by atoms with E-state index in [0.717, 1.165) is 22.6 Å². The summed E-state index contributed by atoms with van der Waals surface area (Å²) >= 11 is 0. The Morgan fingerprint density at radius 3 is 2.32 bits per heavy atom. The van der Waals surface area contributed by atoms with Crippen molar-refractivity contribution in [3.05, 3.63) is 59.7 Å². The standard InChI is InChI=1S/C19H24O3/c1-4-22-18-12-8-11-17(21-3)16(18)13-14(2)19(20)15-9-6-5-7-10-15/h5-12,14,19-20H,4,13H2,1-3H3. The van der Waals surface area contributed by atoms with E-state index in [9.17, 15) is 5.11 Å². The van der Waals surface area contributed by atoms with Crippen molar-refractivity contribution in [2.75, 3.05) is 13.7 Å². The molecule has 0 radical (unpaired) electrons. The molecule has 0 amide bonds. The highest BCUT2D eigenvalue weighted by atomic mass is 16.5. The Hall–Kier alpha value is -2.00. The SMILES string of the molecule is CCOc1cccc(OC)c1CC(C)C(O)c1ccccc1. The molecule has 3 heteroatoms. The maximum atomic E-state index is 10.6. The van der Waals surface area contributed by atoms with Gasteiger partial charge in [-0.05, 0) is 37.0 Å². The summed E-state index contributed by atoms with van der Waals surface area (Å²) in [5.74, 6) is 1.69. The average molecular weight is 300 g/mol. The summed E-state index contributed by atoms with van der Waals surface area (Å²) in [6, 6.07) is 15.5. The summed E-state index contributed by atoms with van der Waals surface area (Å²) in [4.78, 5) is 0. The molecule has 0 aliphatic carbocycles. The molecule has 3 nitrogen and oxygen atoms in total. The van der Waals surface area contributed by atoms with Crippen LogP contribution < -0.4 is 9.47 Å². The number of aliphatic hydroxyl groups excluding tert-OH is 1. The van der Waals surface area contributed by atoms with Gasteiger partial charge in [-0.2, -0.15) is 0 Å². The van der Waals surface area contributed by atoms with Crippen molar-refractivity contribution in [1.29, 1.82) is 0 Å². The quantitative estimate of drug-likeness (QED) is 0.840. The number of rotatable bonds is 7. The van der Waals surface area contributed by atoms with Crippen molar-refractivity contribution in [3.8, 4) is 11.5 Å². The molecule has 2 atom stereocenters. The van der Waals surface area contributed by atoms with E-state index < -0.39 is 6.10 Å². The minimum absolute atomic E-state index is 0.0536. The Kier molecular flexibility index (Phi) is 5.84. The van der Waals surface area contributed by atoms with Gasteiger partial charge in [-0.3, -0.25) is 0 Å². The van der Waals surface area contributed by atoms with Crippen LogP contribution in [0.15, 0.2) is 48.5 Å². The fourth-order valence-electron chi connectivity index (χ4n) is 2.64. The molecule has 0 saturated heterocycles. The summed E-state index contributed by atoms with van der Waals surface area (Å²) in [5.41, 5.74) is 1.94. The summed E-state index contributed by atoms with van der Waals surface area (Å²) in [7, 11) is 1.66. The van der Waals surface area contributed by atoms with Gasteiger partial charge in [0.05, 0.1) is 19.8 Å². The van der Waals surface area contributed by atoms with E-state index >= 15 is 0 Å². The van der Waals surface area contributed by atoms with Crippen LogP contribution >= 0.6 is 0 Å². The molecule has 0 spiro atoms. The summed E-state index contributed by atoms with van der Waals surface area (Å²) in [6.45, 7) is 4.61. The number of hydrogen-bond acceptors (Lipinski definition) is 3. The van der Waals surface area contributed by atoms with Gasteiger partial charge in [-0.15, -0.1) is 0 Å². The van der Waals surface area contributed by atoms with Crippen LogP contribution in [0.25, 0.3) is 0 Å². The Morgan fingerprint density at radius 2 is 1.68 bits per heavy atom. The van der Waals surface area contributed by atoms with E-state index in [0.29, 0.717) is 13.0 Å². The van der Waals surface area contributed by atoms with Crippen LogP contribution in [0.4, 0.5) is 0 Å². The van der Waals surface area contributed by atoms with Gasteiger partial charge in [0.15, 0.2) is 0 Å². The molecular weight excluding hydrogens is 276 g/mol. The van der Waals surface area contributed by atoms with E-state index in [1.54, 1.807) is 7.11 Å². The maximum Gasteiger partial charge on any atom is 0.126 e. The second-order valence-electron chi connectivity index (χ2n) is 5.41. The van der Waals surface area contributed by atoms with Crippen LogP contribution in [-0.4, -0.2) is 18.8 Å². The molecule has 2 unspecified atom stereocenters. The highest BCUT2D eigenvalue weighted by Crippen LogP contribution is 2.34. The lowest BCUT2D eigenvalue weighted by Gasteiger charge is -2.22. The molecule has 0 aliphatic heterocycles. The molecule has 118 valence electrons. The lowest BCUT2D eigenvalue weighted by atomic mass is 9.90. The van der Waals surface area contributed by atoms with E-state index in [2.05, 4.69) is 0 Å². The molecule has 0 aromatic heterocycles. The monoisotopic (exact) mass is 300 g/mol. The van der Waals surface area contributed by atoms with Gasteiger partial charge in [-0.1, -0.05) is 43.3 Å². The van der Waals surface area contributed by atoms with Gasteiger partial charge in [0.2, 0.25) is 0 Å². The third-order valence-electron chi connectivity index (χ3n) is 3.82. The molecule has 2 rings (SSSR count). The number of methoxy groups -OCH3 is 1. The number of aliphatic hydroxyl groups is 1. The first-order valence-electron chi connectivity index (χ1n) is 7.69. The van der Waals surface area contributed by atoms with Gasteiger partial charge < -0.3 is 14.6 Å². The maximum absolute atomic E-state index is 10.6. The van der Waals surface area contributed by atoms with Crippen LogP contribution in [-0.2, 0) is 6.42 Å². The zero-order valence-corrected chi connectivity index (χ0v) is 13.5. The van der Waals surface area contributed by atoms with E-state index in [4.69, 9.17) is 9.47 Å². The minimum Gasteiger partial charge on any atom is -0.496 e. The Bertz CT molecular complexity index is 580. The average Bonchev–Trinajstić information content (AvgIpc) is 2.56. The van der Waals surface area contributed by atoms with Gasteiger partial charge in [0, 0.05) is 5.56 Å². The molecular formula is C19H24O3. The van der Waals surface area contributed by atoms with E-state index in [-0.39, 0.29) is 5.92 Å². The first-order valence-corrected chi connectivity index (χ1v) is 7.69. The molecule has 0 aliphatic rings. The first-order chi connectivity index (χ1) is 10.7. The Labute approximate surface area is 132 Å². The van der Waals surface area contributed by atoms with Gasteiger partial charge >= 0.3 is 0 Å². The fraction of sp³-hybridized carbons (Fsp3) is 0.368. The number of ether oxygens (including phenoxy) is 2. The predicted octanol–water partition coefficient (Wildman–Crippen LogP) is 4.01. The minimum atomic E-state index is -0.513. The molecule has 0 saturated carbocycles. The largest absolute Gasteiger partial charge is 0.496 e. The number of hydrogen-bond donors (Lipinski definition) is 1. The second-order valence-corrected chi connectivity index (χ2v) is 5.41. The normalized spacial score (nSPS) is 13.5. The van der Waals surface area contributed by atoms with Gasteiger partial charge in [0.1, 0.15) is 11.5 Å². The molecule has 2 aromatic rings. The Morgan fingerprint density at radius 1 is 1.00 bits per heavy atom. The lowest BCUT2D eigenvalue weighted by molar-refractivity contribution is 0.117. The zero-order valence-electron chi connectivity index (χ0n) is 13.5. The second kappa shape index (κ2) is 7.85. The summed E-state index contributed by atoms with van der Waals surface area (Å²) in [6.07, 6.45) is 0.177.